The van der Waals surface area contributed by atoms with E-state index in [2.05, 4.69) is 47.9 Å². The van der Waals surface area contributed by atoms with Crippen molar-refractivity contribution in [2.45, 2.75) is 13.8 Å². The first-order valence-corrected chi connectivity index (χ1v) is 8.02. The summed E-state index contributed by atoms with van der Waals surface area (Å²) in [6, 6.07) is 12.3. The Labute approximate surface area is 131 Å². The number of halogens is 1. The fraction of sp³-hybridized carbons (Fsp3) is 0.118. The molecule has 0 saturated carbocycles. The Morgan fingerprint density at radius 3 is 2.52 bits per heavy atom. The lowest BCUT2D eigenvalue weighted by Crippen LogP contribution is -1.87. The molecule has 0 aliphatic heterocycles. The van der Waals surface area contributed by atoms with Gasteiger partial charge in [-0.05, 0) is 54.8 Å². The van der Waals surface area contributed by atoms with Crippen LogP contribution < -0.4 is 0 Å². The van der Waals surface area contributed by atoms with E-state index in [0.717, 1.165) is 26.8 Å². The van der Waals surface area contributed by atoms with E-state index in [0.29, 0.717) is 0 Å². The minimum atomic E-state index is 0.757. The van der Waals surface area contributed by atoms with Gasteiger partial charge in [-0.15, -0.1) is 11.3 Å². The van der Waals surface area contributed by atoms with Gasteiger partial charge in [0.05, 0.1) is 16.7 Å². The first-order chi connectivity index (χ1) is 10.1. The molecule has 0 atom stereocenters. The van der Waals surface area contributed by atoms with E-state index < -0.39 is 0 Å². The Balaban J connectivity index is 2.06. The van der Waals surface area contributed by atoms with E-state index in [-0.39, 0.29) is 0 Å². The minimum absolute atomic E-state index is 0.757. The maximum atomic E-state index is 5.99. The van der Waals surface area contributed by atoms with Crippen LogP contribution in [0.5, 0.6) is 0 Å². The van der Waals surface area contributed by atoms with Crippen LogP contribution in [-0.4, -0.2) is 9.38 Å². The van der Waals surface area contributed by atoms with Crippen molar-refractivity contribution in [3.05, 3.63) is 57.9 Å². The zero-order valence-corrected chi connectivity index (χ0v) is 13.3. The molecular weight excluding hydrogens is 300 g/mol. The molecule has 2 aromatic heterocycles. The van der Waals surface area contributed by atoms with Gasteiger partial charge >= 0.3 is 0 Å². The van der Waals surface area contributed by atoms with Gasteiger partial charge in [0, 0.05) is 10.4 Å². The van der Waals surface area contributed by atoms with Crippen molar-refractivity contribution in [1.29, 1.82) is 0 Å². The van der Waals surface area contributed by atoms with Gasteiger partial charge in [0.1, 0.15) is 0 Å². The van der Waals surface area contributed by atoms with Gasteiger partial charge in [-0.3, -0.25) is 4.40 Å². The van der Waals surface area contributed by atoms with E-state index in [4.69, 9.17) is 16.6 Å². The standard InChI is InChI=1S/C17H13ClN2S/c1-10-7-14-15(8-11(10)2)20-16(9-21-17(20)19-14)12-3-5-13(18)6-4-12/h3-9H,1-2H3. The third-order valence-electron chi connectivity index (χ3n) is 3.90. The van der Waals surface area contributed by atoms with Crippen LogP contribution in [0, 0.1) is 13.8 Å². The first kappa shape index (κ1) is 12.9. The molecule has 4 rings (SSSR count). The van der Waals surface area contributed by atoms with Crippen LogP contribution in [0.4, 0.5) is 0 Å². The molecule has 4 aromatic rings. The monoisotopic (exact) mass is 312 g/mol. The number of fused-ring (bicyclic) bond motifs is 3. The van der Waals surface area contributed by atoms with Crippen molar-refractivity contribution in [2.24, 2.45) is 0 Å². The zero-order chi connectivity index (χ0) is 14.6. The summed E-state index contributed by atoms with van der Waals surface area (Å²) in [4.78, 5) is 5.76. The molecule has 2 heterocycles. The van der Waals surface area contributed by atoms with Gasteiger partial charge in [0.2, 0.25) is 0 Å². The smallest absolute Gasteiger partial charge is 0.195 e. The van der Waals surface area contributed by atoms with Gasteiger partial charge in [-0.25, -0.2) is 4.98 Å². The van der Waals surface area contributed by atoms with Crippen LogP contribution in [0.1, 0.15) is 11.1 Å². The molecule has 0 amide bonds. The van der Waals surface area contributed by atoms with Crippen LogP contribution in [0.3, 0.4) is 0 Å². The van der Waals surface area contributed by atoms with E-state index in [1.54, 1.807) is 11.3 Å². The molecule has 4 heteroatoms. The van der Waals surface area contributed by atoms with Crippen LogP contribution in [0.25, 0.3) is 27.3 Å². The Hall–Kier alpha value is -1.84. The van der Waals surface area contributed by atoms with Gasteiger partial charge in [-0.1, -0.05) is 23.7 Å². The number of hydrogen-bond donors (Lipinski definition) is 0. The molecule has 0 saturated heterocycles. The van der Waals surface area contributed by atoms with Gasteiger partial charge in [0.25, 0.3) is 0 Å². The summed E-state index contributed by atoms with van der Waals surface area (Å²) in [6.07, 6.45) is 0. The van der Waals surface area contributed by atoms with Crippen molar-refractivity contribution in [2.75, 3.05) is 0 Å². The third kappa shape index (κ3) is 1.96. The molecule has 2 aromatic carbocycles. The van der Waals surface area contributed by atoms with Gasteiger partial charge in [-0.2, -0.15) is 0 Å². The van der Waals surface area contributed by atoms with E-state index >= 15 is 0 Å². The van der Waals surface area contributed by atoms with Crippen LogP contribution in [-0.2, 0) is 0 Å². The molecule has 0 radical (unpaired) electrons. The highest BCUT2D eigenvalue weighted by atomic mass is 35.5. The summed E-state index contributed by atoms with van der Waals surface area (Å²) in [7, 11) is 0. The predicted molar refractivity (Wildman–Crippen MR) is 90.5 cm³/mol. The molecule has 0 N–H and O–H groups in total. The van der Waals surface area contributed by atoms with Crippen LogP contribution >= 0.6 is 22.9 Å². The lowest BCUT2D eigenvalue weighted by molar-refractivity contribution is 1.27. The Kier molecular flexibility index (Phi) is 2.81. The number of rotatable bonds is 1. The number of aryl methyl sites for hydroxylation is 2. The molecule has 0 fully saturated rings. The van der Waals surface area contributed by atoms with Gasteiger partial charge < -0.3 is 0 Å². The molecule has 2 nitrogen and oxygen atoms in total. The second-order valence-electron chi connectivity index (χ2n) is 5.28. The molecule has 104 valence electrons. The normalized spacial score (nSPS) is 11.6. The summed E-state index contributed by atoms with van der Waals surface area (Å²) in [5.74, 6) is 0. The molecule has 21 heavy (non-hydrogen) atoms. The summed E-state index contributed by atoms with van der Waals surface area (Å²) in [6.45, 7) is 4.27. The topological polar surface area (TPSA) is 17.3 Å². The average molecular weight is 313 g/mol. The van der Waals surface area contributed by atoms with Crippen molar-refractivity contribution < 1.29 is 0 Å². The molecule has 0 spiro atoms. The van der Waals surface area contributed by atoms with Crippen molar-refractivity contribution in [3.63, 3.8) is 0 Å². The lowest BCUT2D eigenvalue weighted by atomic mass is 10.1. The van der Waals surface area contributed by atoms with Crippen molar-refractivity contribution in [3.8, 4) is 11.3 Å². The summed E-state index contributed by atoms with van der Waals surface area (Å²) < 4.78 is 2.23. The van der Waals surface area contributed by atoms with Crippen molar-refractivity contribution in [1.82, 2.24) is 9.38 Å². The highest BCUT2D eigenvalue weighted by Gasteiger charge is 2.13. The highest BCUT2D eigenvalue weighted by molar-refractivity contribution is 7.15. The largest absolute Gasteiger partial charge is 0.283 e. The Bertz CT molecular complexity index is 964. The highest BCUT2D eigenvalue weighted by Crippen LogP contribution is 2.31. The number of imidazole rings is 1. The quantitative estimate of drug-likeness (QED) is 0.454. The number of aromatic nitrogens is 2. The maximum absolute atomic E-state index is 5.99. The van der Waals surface area contributed by atoms with E-state index in [9.17, 15) is 0 Å². The fourth-order valence-electron chi connectivity index (χ4n) is 2.60. The average Bonchev–Trinajstić information content (AvgIpc) is 3.00. The Morgan fingerprint density at radius 2 is 1.76 bits per heavy atom. The fourth-order valence-corrected chi connectivity index (χ4v) is 3.64. The molecular formula is C17H13ClN2S. The van der Waals surface area contributed by atoms with E-state index in [1.165, 1.54) is 16.6 Å². The summed E-state index contributed by atoms with van der Waals surface area (Å²) in [5.41, 5.74) is 7.11. The second kappa shape index (κ2) is 4.58. The minimum Gasteiger partial charge on any atom is -0.283 e. The zero-order valence-electron chi connectivity index (χ0n) is 11.7. The second-order valence-corrected chi connectivity index (χ2v) is 6.56. The number of hydrogen-bond acceptors (Lipinski definition) is 2. The van der Waals surface area contributed by atoms with E-state index in [1.807, 2.05) is 12.1 Å². The van der Waals surface area contributed by atoms with Crippen molar-refractivity contribution >= 4 is 38.9 Å². The Morgan fingerprint density at radius 1 is 1.05 bits per heavy atom. The SMILES string of the molecule is Cc1cc2nc3scc(-c4ccc(Cl)cc4)n3c2cc1C. The molecule has 0 unspecified atom stereocenters. The number of benzene rings is 2. The van der Waals surface area contributed by atoms with Crippen LogP contribution in [0.15, 0.2) is 41.8 Å². The molecule has 0 bridgehead atoms. The number of nitrogens with zero attached hydrogens (tertiary/aromatic N) is 2. The summed E-state index contributed by atoms with van der Waals surface area (Å²) in [5, 5.41) is 2.91. The molecule has 0 aliphatic carbocycles. The number of thiazole rings is 1. The maximum Gasteiger partial charge on any atom is 0.195 e. The molecule has 0 aliphatic rings. The first-order valence-electron chi connectivity index (χ1n) is 6.76. The van der Waals surface area contributed by atoms with Gasteiger partial charge in [0.15, 0.2) is 4.96 Å². The predicted octanol–water partition coefficient (Wildman–Crippen LogP) is 5.49. The third-order valence-corrected chi connectivity index (χ3v) is 4.97. The summed E-state index contributed by atoms with van der Waals surface area (Å²) >= 11 is 7.66. The lowest BCUT2D eigenvalue weighted by Gasteiger charge is -2.03. The van der Waals surface area contributed by atoms with Crippen LogP contribution in [0.2, 0.25) is 5.02 Å².